The molecule has 0 unspecified atom stereocenters. The molecule has 0 N–H and O–H groups in total. The van der Waals surface area contributed by atoms with Gasteiger partial charge in [-0.05, 0) is 99.4 Å². The molecule has 4 heterocycles. The number of ether oxygens (including phenoxy) is 1. The number of rotatable bonds is 10. The fourth-order valence-electron chi connectivity index (χ4n) is 9.09. The van der Waals surface area contributed by atoms with Crippen LogP contribution < -0.4 is 14.5 Å². The lowest BCUT2D eigenvalue weighted by Crippen LogP contribution is -2.44. The van der Waals surface area contributed by atoms with Crippen LogP contribution in [0.3, 0.4) is 0 Å². The predicted molar refractivity (Wildman–Crippen MR) is 249 cm³/mol. The summed E-state index contributed by atoms with van der Waals surface area (Å²) in [5.41, 5.74) is 12.5. The number of aryl methyl sites for hydroxylation is 1. The molecule has 2 aliphatic heterocycles. The smallest absolute Gasteiger partial charge is 0.145 e. The van der Waals surface area contributed by atoms with E-state index < -0.39 is 0 Å². The maximum absolute atomic E-state index is 6.29. The summed E-state index contributed by atoms with van der Waals surface area (Å²) >= 11 is 0. The molecule has 6 aromatic carbocycles. The van der Waals surface area contributed by atoms with Crippen LogP contribution in [0, 0.1) is 0 Å². The summed E-state index contributed by atoms with van der Waals surface area (Å²) in [7, 11) is 4.42. The molecule has 302 valence electrons. The summed E-state index contributed by atoms with van der Waals surface area (Å²) in [4.78, 5) is 15.5. The highest BCUT2D eigenvalue weighted by atomic mass is 16.5. The number of nitrogens with zero attached hydrogens (tertiary/aromatic N) is 7. The minimum Gasteiger partial charge on any atom is -0.489 e. The molecule has 2 aromatic heterocycles. The lowest BCUT2D eigenvalue weighted by molar-refractivity contribution is 0.306. The van der Waals surface area contributed by atoms with Crippen LogP contribution in [0.5, 0.6) is 5.75 Å². The van der Waals surface area contributed by atoms with Crippen LogP contribution in [-0.4, -0.2) is 90.4 Å². The molecule has 0 atom stereocenters. The van der Waals surface area contributed by atoms with Crippen LogP contribution in [0.4, 0.5) is 11.4 Å². The lowest BCUT2D eigenvalue weighted by Gasteiger charge is -2.34. The average molecular weight is 792 g/mol. The van der Waals surface area contributed by atoms with E-state index >= 15 is 0 Å². The molecule has 2 fully saturated rings. The fraction of sp³-hybridized carbons (Fsp3) is 0.250. The maximum atomic E-state index is 6.29. The average Bonchev–Trinajstić information content (AvgIpc) is 3.86. The summed E-state index contributed by atoms with van der Waals surface area (Å²) in [6.07, 6.45) is 0. The quantitative estimate of drug-likeness (QED) is 0.138. The minimum atomic E-state index is 0.515. The van der Waals surface area contributed by atoms with E-state index in [4.69, 9.17) is 9.72 Å². The fourth-order valence-corrected chi connectivity index (χ4v) is 9.09. The first-order chi connectivity index (χ1) is 29.5. The molecule has 0 aliphatic carbocycles. The summed E-state index contributed by atoms with van der Waals surface area (Å²) in [5, 5.41) is 2.49. The number of benzene rings is 6. The standard InChI is InChI=1S/C52H53N7O/c1-4-58-48-13-9-8-12-46(48)47-36-41(18-27-49(47)58)52-53-50(39-14-19-42(20-15-39)56-32-28-54(2)29-33-56)51(40-16-21-43(22-17-40)57-34-30-55(3)31-35-57)59(52)44-23-25-45(26-24-44)60-37-38-10-6-5-7-11-38/h5-27,36H,4,28-35,37H2,1-3H3. The molecule has 0 radical (unpaired) electrons. The molecule has 8 nitrogen and oxygen atoms in total. The van der Waals surface area contributed by atoms with E-state index in [0.29, 0.717) is 6.61 Å². The molecule has 8 aromatic rings. The highest BCUT2D eigenvalue weighted by molar-refractivity contribution is 6.09. The number of hydrogen-bond donors (Lipinski definition) is 0. The van der Waals surface area contributed by atoms with Crippen molar-refractivity contribution < 1.29 is 4.74 Å². The maximum Gasteiger partial charge on any atom is 0.145 e. The molecule has 2 saturated heterocycles. The van der Waals surface area contributed by atoms with Crippen molar-refractivity contribution in [1.29, 1.82) is 0 Å². The Bertz CT molecular complexity index is 2720. The van der Waals surface area contributed by atoms with E-state index in [1.165, 1.54) is 33.2 Å². The molecule has 0 spiro atoms. The molecule has 0 amide bonds. The Hall–Kier alpha value is -6.35. The van der Waals surface area contributed by atoms with Crippen LogP contribution in [-0.2, 0) is 13.2 Å². The monoisotopic (exact) mass is 791 g/mol. The summed E-state index contributed by atoms with van der Waals surface area (Å²) in [5.74, 6) is 1.73. The van der Waals surface area contributed by atoms with Gasteiger partial charge in [-0.2, -0.15) is 0 Å². The van der Waals surface area contributed by atoms with Gasteiger partial charge in [0.05, 0.1) is 11.4 Å². The van der Waals surface area contributed by atoms with Crippen molar-refractivity contribution >= 4 is 33.2 Å². The van der Waals surface area contributed by atoms with Gasteiger partial charge in [-0.1, -0.05) is 72.8 Å². The van der Waals surface area contributed by atoms with Gasteiger partial charge in [0.25, 0.3) is 0 Å². The summed E-state index contributed by atoms with van der Waals surface area (Å²) in [6.45, 7) is 12.0. The van der Waals surface area contributed by atoms with Crippen molar-refractivity contribution in [1.82, 2.24) is 23.9 Å². The van der Waals surface area contributed by atoms with Crippen molar-refractivity contribution in [3.05, 3.63) is 151 Å². The normalized spacial score (nSPS) is 15.3. The molecule has 0 saturated carbocycles. The van der Waals surface area contributed by atoms with E-state index in [1.54, 1.807) is 0 Å². The molecule has 0 bridgehead atoms. The second-order valence-electron chi connectivity index (χ2n) is 16.4. The Labute approximate surface area is 353 Å². The second-order valence-corrected chi connectivity index (χ2v) is 16.4. The predicted octanol–water partition coefficient (Wildman–Crippen LogP) is 10.1. The molecule has 60 heavy (non-hydrogen) atoms. The number of para-hydroxylation sites is 1. The van der Waals surface area contributed by atoms with Crippen LogP contribution >= 0.6 is 0 Å². The van der Waals surface area contributed by atoms with Crippen LogP contribution in [0.25, 0.3) is 61.4 Å². The second kappa shape index (κ2) is 16.4. The first-order valence-corrected chi connectivity index (χ1v) is 21.5. The number of likely N-dealkylation sites (N-methyl/N-ethyl adjacent to an activating group) is 2. The zero-order chi connectivity index (χ0) is 40.6. The van der Waals surface area contributed by atoms with E-state index in [0.717, 1.165) is 110 Å². The SMILES string of the molecule is CCn1c2ccccc2c2cc(-c3nc(-c4ccc(N5CCN(C)CC5)cc4)c(-c4ccc(N5CCN(C)CC5)cc4)n3-c3ccc(OCc4ccccc4)cc3)ccc21. The molecular weight excluding hydrogens is 739 g/mol. The van der Waals surface area contributed by atoms with Crippen LogP contribution in [0.2, 0.25) is 0 Å². The molecular formula is C52H53N7O. The summed E-state index contributed by atoms with van der Waals surface area (Å²) < 4.78 is 11.1. The first-order valence-electron chi connectivity index (χ1n) is 21.5. The van der Waals surface area contributed by atoms with Crippen molar-refractivity contribution in [3.8, 4) is 45.3 Å². The number of hydrogen-bond acceptors (Lipinski definition) is 6. The van der Waals surface area contributed by atoms with E-state index in [9.17, 15) is 0 Å². The zero-order valence-corrected chi connectivity index (χ0v) is 35.0. The zero-order valence-electron chi connectivity index (χ0n) is 35.0. The highest BCUT2D eigenvalue weighted by Gasteiger charge is 2.25. The van der Waals surface area contributed by atoms with Gasteiger partial charge in [0.1, 0.15) is 18.2 Å². The third-order valence-corrected chi connectivity index (χ3v) is 12.6. The number of anilines is 2. The van der Waals surface area contributed by atoms with Gasteiger partial charge in [0.15, 0.2) is 0 Å². The molecule has 2 aliphatic rings. The third kappa shape index (κ3) is 7.31. The van der Waals surface area contributed by atoms with Crippen molar-refractivity contribution in [2.75, 3.05) is 76.3 Å². The van der Waals surface area contributed by atoms with Gasteiger partial charge in [-0.25, -0.2) is 4.98 Å². The van der Waals surface area contributed by atoms with Crippen molar-refractivity contribution in [3.63, 3.8) is 0 Å². The van der Waals surface area contributed by atoms with Gasteiger partial charge in [0.2, 0.25) is 0 Å². The number of aromatic nitrogens is 3. The largest absolute Gasteiger partial charge is 0.489 e. The number of fused-ring (bicyclic) bond motifs is 3. The first kappa shape index (κ1) is 37.9. The highest BCUT2D eigenvalue weighted by Crippen LogP contribution is 2.41. The number of piperazine rings is 2. The van der Waals surface area contributed by atoms with Gasteiger partial charge < -0.3 is 28.9 Å². The van der Waals surface area contributed by atoms with Crippen LogP contribution in [0.15, 0.2) is 146 Å². The van der Waals surface area contributed by atoms with Gasteiger partial charge in [-0.3, -0.25) is 4.57 Å². The topological polar surface area (TPSA) is 44.9 Å². The van der Waals surface area contributed by atoms with E-state index in [-0.39, 0.29) is 0 Å². The Morgan fingerprint density at radius 2 is 1.07 bits per heavy atom. The molecule has 10 rings (SSSR count). The van der Waals surface area contributed by atoms with E-state index in [1.807, 2.05) is 6.07 Å². The third-order valence-electron chi connectivity index (χ3n) is 12.6. The Balaban J connectivity index is 1.14. The molecule has 8 heteroatoms. The van der Waals surface area contributed by atoms with Crippen LogP contribution in [0.1, 0.15) is 12.5 Å². The van der Waals surface area contributed by atoms with E-state index in [2.05, 4.69) is 189 Å². The minimum absolute atomic E-state index is 0.515. The lowest BCUT2D eigenvalue weighted by atomic mass is 10.0. The van der Waals surface area contributed by atoms with Gasteiger partial charge in [-0.15, -0.1) is 0 Å². The Morgan fingerprint density at radius 1 is 0.517 bits per heavy atom. The summed E-state index contributed by atoms with van der Waals surface area (Å²) in [6, 6.07) is 52.8. The Kier molecular flexibility index (Phi) is 10.3. The van der Waals surface area contributed by atoms with Crippen molar-refractivity contribution in [2.24, 2.45) is 0 Å². The van der Waals surface area contributed by atoms with Crippen molar-refractivity contribution in [2.45, 2.75) is 20.1 Å². The van der Waals surface area contributed by atoms with Gasteiger partial charge in [0, 0.05) is 114 Å². The van der Waals surface area contributed by atoms with Gasteiger partial charge >= 0.3 is 0 Å². The Morgan fingerprint density at radius 3 is 1.70 bits per heavy atom. The number of imidazole rings is 1.